The molecule has 5 heteroatoms. The normalized spacial score (nSPS) is 18.8. The summed E-state index contributed by atoms with van der Waals surface area (Å²) in [7, 11) is 0. The zero-order valence-electron chi connectivity index (χ0n) is 15.2. The summed E-state index contributed by atoms with van der Waals surface area (Å²) >= 11 is 0. The summed E-state index contributed by atoms with van der Waals surface area (Å²) in [5.74, 6) is 0.0889. The zero-order chi connectivity index (χ0) is 17.3. The Balaban J connectivity index is 2.44. The second-order valence-corrected chi connectivity index (χ2v) is 7.25. The number of amides is 1. The molecule has 0 saturated carbocycles. The molecule has 1 rings (SSSR count). The van der Waals surface area contributed by atoms with E-state index in [0.29, 0.717) is 19.6 Å². The molecule has 0 aromatic carbocycles. The SMILES string of the molecule is CCCCCCCCC(=O)C1COCCN1C(=O)OC(C)(C)C. The van der Waals surface area contributed by atoms with Crippen molar-refractivity contribution in [1.29, 1.82) is 0 Å². The number of Topliss-reactive ketones (excluding diaryl/α,β-unsaturated/α-hetero) is 1. The second-order valence-electron chi connectivity index (χ2n) is 7.25. The Labute approximate surface area is 140 Å². The molecular formula is C18H33NO4. The van der Waals surface area contributed by atoms with Crippen LogP contribution < -0.4 is 0 Å². The van der Waals surface area contributed by atoms with E-state index >= 15 is 0 Å². The van der Waals surface area contributed by atoms with Gasteiger partial charge in [0.25, 0.3) is 0 Å². The van der Waals surface area contributed by atoms with E-state index in [2.05, 4.69) is 6.92 Å². The maximum Gasteiger partial charge on any atom is 0.411 e. The van der Waals surface area contributed by atoms with Gasteiger partial charge in [-0.25, -0.2) is 4.79 Å². The number of ketones is 1. The fraction of sp³-hybridized carbons (Fsp3) is 0.889. The van der Waals surface area contributed by atoms with Crippen LogP contribution in [-0.2, 0) is 14.3 Å². The molecule has 1 saturated heterocycles. The van der Waals surface area contributed by atoms with Crippen LogP contribution in [0.3, 0.4) is 0 Å². The molecule has 1 atom stereocenters. The van der Waals surface area contributed by atoms with Crippen molar-refractivity contribution >= 4 is 11.9 Å². The smallest absolute Gasteiger partial charge is 0.411 e. The van der Waals surface area contributed by atoms with Gasteiger partial charge in [0, 0.05) is 13.0 Å². The van der Waals surface area contributed by atoms with Crippen LogP contribution in [0.1, 0.15) is 72.6 Å². The second kappa shape index (κ2) is 9.91. The van der Waals surface area contributed by atoms with Gasteiger partial charge in [0.1, 0.15) is 11.6 Å². The monoisotopic (exact) mass is 327 g/mol. The summed E-state index contributed by atoms with van der Waals surface area (Å²) in [6.07, 6.45) is 6.97. The standard InChI is InChI=1S/C18H33NO4/c1-5-6-7-8-9-10-11-16(20)15-14-22-13-12-19(15)17(21)23-18(2,3)4/h15H,5-14H2,1-4H3. The van der Waals surface area contributed by atoms with Crippen LogP contribution in [0.15, 0.2) is 0 Å². The first-order valence-corrected chi connectivity index (χ1v) is 8.95. The maximum atomic E-state index is 12.4. The Hall–Kier alpha value is -1.10. The highest BCUT2D eigenvalue weighted by Gasteiger charge is 2.34. The lowest BCUT2D eigenvalue weighted by atomic mass is 10.0. The minimum Gasteiger partial charge on any atom is -0.444 e. The summed E-state index contributed by atoms with van der Waals surface area (Å²) in [6.45, 7) is 8.85. The quantitative estimate of drug-likeness (QED) is 0.634. The van der Waals surface area contributed by atoms with Gasteiger partial charge in [-0.2, -0.15) is 0 Å². The van der Waals surface area contributed by atoms with Crippen molar-refractivity contribution in [3.05, 3.63) is 0 Å². The van der Waals surface area contributed by atoms with Gasteiger partial charge >= 0.3 is 6.09 Å². The largest absolute Gasteiger partial charge is 0.444 e. The van der Waals surface area contributed by atoms with Crippen LogP contribution in [0.25, 0.3) is 0 Å². The highest BCUT2D eigenvalue weighted by molar-refractivity contribution is 5.87. The number of nitrogens with zero attached hydrogens (tertiary/aromatic N) is 1. The molecule has 1 heterocycles. The Morgan fingerprint density at radius 1 is 1.13 bits per heavy atom. The number of hydrogen-bond acceptors (Lipinski definition) is 4. The number of rotatable bonds is 8. The fourth-order valence-corrected chi connectivity index (χ4v) is 2.66. The molecule has 5 nitrogen and oxygen atoms in total. The Kier molecular flexibility index (Phi) is 8.59. The summed E-state index contributed by atoms with van der Waals surface area (Å²) < 4.78 is 10.8. The van der Waals surface area contributed by atoms with Gasteiger partial charge in [0.2, 0.25) is 0 Å². The number of ether oxygens (including phenoxy) is 2. The van der Waals surface area contributed by atoms with Crippen LogP contribution in [0.4, 0.5) is 4.79 Å². The third kappa shape index (κ3) is 7.82. The molecule has 0 spiro atoms. The first kappa shape index (κ1) is 19.9. The molecule has 0 aromatic heterocycles. The van der Waals surface area contributed by atoms with Gasteiger partial charge in [-0.05, 0) is 27.2 Å². The number of unbranched alkanes of at least 4 members (excludes halogenated alkanes) is 5. The van der Waals surface area contributed by atoms with E-state index in [1.165, 1.54) is 30.6 Å². The molecule has 134 valence electrons. The van der Waals surface area contributed by atoms with E-state index in [0.717, 1.165) is 12.8 Å². The summed E-state index contributed by atoms with van der Waals surface area (Å²) in [5, 5.41) is 0. The lowest BCUT2D eigenvalue weighted by Crippen LogP contribution is -2.53. The third-order valence-corrected chi connectivity index (χ3v) is 3.90. The fourth-order valence-electron chi connectivity index (χ4n) is 2.66. The predicted molar refractivity (Wildman–Crippen MR) is 90.5 cm³/mol. The summed E-state index contributed by atoms with van der Waals surface area (Å²) in [5.41, 5.74) is -0.553. The van der Waals surface area contributed by atoms with Crippen molar-refractivity contribution in [2.24, 2.45) is 0 Å². The Morgan fingerprint density at radius 2 is 1.78 bits per heavy atom. The molecule has 0 radical (unpaired) electrons. The topological polar surface area (TPSA) is 55.8 Å². The van der Waals surface area contributed by atoms with Crippen molar-refractivity contribution in [3.63, 3.8) is 0 Å². The Bertz CT molecular complexity index is 376. The third-order valence-electron chi connectivity index (χ3n) is 3.90. The maximum absolute atomic E-state index is 12.4. The molecule has 1 fully saturated rings. The minimum absolute atomic E-state index is 0.0889. The lowest BCUT2D eigenvalue weighted by Gasteiger charge is -2.35. The van der Waals surface area contributed by atoms with Crippen LogP contribution >= 0.6 is 0 Å². The molecule has 1 amide bonds. The zero-order valence-corrected chi connectivity index (χ0v) is 15.2. The van der Waals surface area contributed by atoms with Gasteiger partial charge in [-0.15, -0.1) is 0 Å². The Morgan fingerprint density at radius 3 is 2.43 bits per heavy atom. The highest BCUT2D eigenvalue weighted by atomic mass is 16.6. The lowest BCUT2D eigenvalue weighted by molar-refractivity contribution is -0.130. The summed E-state index contributed by atoms with van der Waals surface area (Å²) in [4.78, 5) is 26.2. The van der Waals surface area contributed by atoms with Gasteiger partial charge < -0.3 is 9.47 Å². The number of carbonyl (C=O) groups excluding carboxylic acids is 2. The molecule has 1 aliphatic heterocycles. The van der Waals surface area contributed by atoms with Crippen molar-refractivity contribution in [1.82, 2.24) is 4.90 Å². The first-order chi connectivity index (χ1) is 10.8. The average molecular weight is 327 g/mol. The van der Waals surface area contributed by atoms with Gasteiger partial charge in [-0.1, -0.05) is 39.0 Å². The van der Waals surface area contributed by atoms with Gasteiger partial charge in [-0.3, -0.25) is 9.69 Å². The van der Waals surface area contributed by atoms with Gasteiger partial charge in [0.15, 0.2) is 5.78 Å². The van der Waals surface area contributed by atoms with Crippen LogP contribution in [0.5, 0.6) is 0 Å². The van der Waals surface area contributed by atoms with Crippen molar-refractivity contribution < 1.29 is 19.1 Å². The van der Waals surface area contributed by atoms with Crippen molar-refractivity contribution in [2.45, 2.75) is 84.3 Å². The van der Waals surface area contributed by atoms with Crippen LogP contribution in [0, 0.1) is 0 Å². The molecule has 23 heavy (non-hydrogen) atoms. The number of carbonyl (C=O) groups is 2. The molecule has 0 aromatic rings. The van der Waals surface area contributed by atoms with E-state index in [4.69, 9.17) is 9.47 Å². The molecule has 0 bridgehead atoms. The number of hydrogen-bond donors (Lipinski definition) is 0. The highest BCUT2D eigenvalue weighted by Crippen LogP contribution is 2.17. The number of morpholine rings is 1. The molecule has 0 aliphatic carbocycles. The molecule has 0 N–H and O–H groups in total. The average Bonchev–Trinajstić information content (AvgIpc) is 2.49. The van der Waals surface area contributed by atoms with E-state index < -0.39 is 17.7 Å². The van der Waals surface area contributed by atoms with Crippen molar-refractivity contribution in [2.75, 3.05) is 19.8 Å². The van der Waals surface area contributed by atoms with Crippen LogP contribution in [-0.4, -0.2) is 48.2 Å². The molecule has 1 aliphatic rings. The first-order valence-electron chi connectivity index (χ1n) is 8.95. The minimum atomic E-state index is -0.553. The van der Waals surface area contributed by atoms with E-state index in [1.807, 2.05) is 20.8 Å². The van der Waals surface area contributed by atoms with Crippen LogP contribution in [0.2, 0.25) is 0 Å². The van der Waals surface area contributed by atoms with E-state index in [9.17, 15) is 9.59 Å². The van der Waals surface area contributed by atoms with E-state index in [1.54, 1.807) is 0 Å². The summed E-state index contributed by atoms with van der Waals surface area (Å²) in [6, 6.07) is -0.491. The van der Waals surface area contributed by atoms with E-state index in [-0.39, 0.29) is 12.4 Å². The van der Waals surface area contributed by atoms with Crippen molar-refractivity contribution in [3.8, 4) is 0 Å². The predicted octanol–water partition coefficient (Wildman–Crippen LogP) is 3.94. The van der Waals surface area contributed by atoms with Gasteiger partial charge in [0.05, 0.1) is 13.2 Å². The molecule has 1 unspecified atom stereocenters. The molecular weight excluding hydrogens is 294 g/mol.